The first kappa shape index (κ1) is 13.5. The minimum atomic E-state index is -2.90. The molecule has 0 aromatic carbocycles. The first-order chi connectivity index (χ1) is 10.6. The summed E-state index contributed by atoms with van der Waals surface area (Å²) in [6.45, 7) is 0.586. The fraction of sp³-hybridized carbons (Fsp3) is 0.333. The van der Waals surface area contributed by atoms with Crippen molar-refractivity contribution in [2.45, 2.75) is 13.0 Å². The van der Waals surface area contributed by atoms with Crippen LogP contribution in [0, 0.1) is 5.92 Å². The molecule has 1 fully saturated rings. The monoisotopic (exact) mass is 317 g/mol. The van der Waals surface area contributed by atoms with Crippen LogP contribution < -0.4 is 0 Å². The molecule has 22 heavy (non-hydrogen) atoms. The Labute approximate surface area is 127 Å². The number of nitrogens with zero attached hydrogens (tertiary/aromatic N) is 3. The van der Waals surface area contributed by atoms with Gasteiger partial charge in [-0.05, 0) is 36.6 Å². The van der Waals surface area contributed by atoms with Crippen molar-refractivity contribution in [3.8, 4) is 11.6 Å². The molecule has 0 N–H and O–H groups in total. The molecule has 0 amide bonds. The second-order valence-corrected chi connectivity index (χ2v) is 7.87. The lowest BCUT2D eigenvalue weighted by atomic mass is 10.1. The van der Waals surface area contributed by atoms with E-state index in [1.807, 2.05) is 28.8 Å². The third kappa shape index (κ3) is 2.31. The normalized spacial score (nSPS) is 20.6. The van der Waals surface area contributed by atoms with E-state index >= 15 is 0 Å². The number of hydrogen-bond acceptors (Lipinski definition) is 5. The van der Waals surface area contributed by atoms with E-state index in [0.29, 0.717) is 24.6 Å². The quantitative estimate of drug-likeness (QED) is 0.739. The minimum absolute atomic E-state index is 0.0955. The number of furan rings is 1. The van der Waals surface area contributed by atoms with Crippen molar-refractivity contribution in [2.75, 3.05) is 11.5 Å². The maximum Gasteiger partial charge on any atom is 0.178 e. The number of sulfone groups is 1. The molecule has 3 aromatic rings. The first-order valence-corrected chi connectivity index (χ1v) is 9.00. The third-order valence-electron chi connectivity index (χ3n) is 4.01. The zero-order chi connectivity index (χ0) is 15.2. The van der Waals surface area contributed by atoms with E-state index in [1.165, 1.54) is 0 Å². The lowest BCUT2D eigenvalue weighted by Crippen LogP contribution is -2.13. The van der Waals surface area contributed by atoms with Gasteiger partial charge >= 0.3 is 0 Å². The van der Waals surface area contributed by atoms with E-state index < -0.39 is 9.84 Å². The second-order valence-electron chi connectivity index (χ2n) is 5.64. The van der Waals surface area contributed by atoms with Crippen LogP contribution in [0.25, 0.3) is 22.7 Å². The molecule has 1 atom stereocenters. The van der Waals surface area contributed by atoms with Crippen LogP contribution >= 0.6 is 0 Å². The summed E-state index contributed by atoms with van der Waals surface area (Å²) in [5, 5.41) is 0. The van der Waals surface area contributed by atoms with Gasteiger partial charge in [-0.2, -0.15) is 0 Å². The number of rotatable bonds is 3. The standard InChI is InChI=1S/C15H15N3O3S/c19-22(20)8-5-11(10-22)9-18-14-12(3-1-6-16-14)17-15(18)13-4-2-7-21-13/h1-4,6-7,11H,5,8-10H2. The SMILES string of the molecule is O=S1(=O)CCC(Cn2c(-c3ccco3)nc3cccnc32)C1. The van der Waals surface area contributed by atoms with Gasteiger partial charge in [-0.3, -0.25) is 0 Å². The summed E-state index contributed by atoms with van der Waals surface area (Å²) in [6.07, 6.45) is 4.01. The van der Waals surface area contributed by atoms with Crippen molar-refractivity contribution in [2.24, 2.45) is 5.92 Å². The van der Waals surface area contributed by atoms with Crippen molar-refractivity contribution in [3.63, 3.8) is 0 Å². The van der Waals surface area contributed by atoms with Crippen LogP contribution in [0.2, 0.25) is 0 Å². The fourth-order valence-corrected chi connectivity index (χ4v) is 4.85. The molecule has 4 heterocycles. The largest absolute Gasteiger partial charge is 0.461 e. The Kier molecular flexibility index (Phi) is 3.04. The van der Waals surface area contributed by atoms with Gasteiger partial charge in [0.15, 0.2) is 27.1 Å². The Morgan fingerprint density at radius 2 is 2.23 bits per heavy atom. The molecule has 0 spiro atoms. The highest BCUT2D eigenvalue weighted by molar-refractivity contribution is 7.91. The molecule has 6 nitrogen and oxygen atoms in total. The zero-order valence-electron chi connectivity index (χ0n) is 11.8. The van der Waals surface area contributed by atoms with Gasteiger partial charge in [0.1, 0.15) is 5.52 Å². The smallest absolute Gasteiger partial charge is 0.178 e. The van der Waals surface area contributed by atoms with Gasteiger partial charge in [-0.25, -0.2) is 18.4 Å². The van der Waals surface area contributed by atoms with Crippen molar-refractivity contribution in [3.05, 3.63) is 36.7 Å². The summed E-state index contributed by atoms with van der Waals surface area (Å²) in [4.78, 5) is 8.99. The van der Waals surface area contributed by atoms with Gasteiger partial charge in [-0.1, -0.05) is 0 Å². The van der Waals surface area contributed by atoms with E-state index in [0.717, 1.165) is 11.2 Å². The topological polar surface area (TPSA) is 78.0 Å². The molecule has 7 heteroatoms. The fourth-order valence-electron chi connectivity index (χ4n) is 3.00. The third-order valence-corrected chi connectivity index (χ3v) is 5.85. The molecule has 0 saturated carbocycles. The summed E-state index contributed by atoms with van der Waals surface area (Å²) in [5.74, 6) is 1.96. The van der Waals surface area contributed by atoms with E-state index in [2.05, 4.69) is 9.97 Å². The summed E-state index contributed by atoms with van der Waals surface area (Å²) >= 11 is 0. The second kappa shape index (κ2) is 4.95. The van der Waals surface area contributed by atoms with Gasteiger partial charge in [0, 0.05) is 12.7 Å². The molecular weight excluding hydrogens is 302 g/mol. The van der Waals surface area contributed by atoms with E-state index in [1.54, 1.807) is 12.5 Å². The summed E-state index contributed by atoms with van der Waals surface area (Å²) in [6, 6.07) is 7.40. The first-order valence-electron chi connectivity index (χ1n) is 7.18. The Hall–Kier alpha value is -2.15. The van der Waals surface area contributed by atoms with Crippen LogP contribution in [0.4, 0.5) is 0 Å². The molecule has 4 rings (SSSR count). The predicted molar refractivity (Wildman–Crippen MR) is 82.0 cm³/mol. The van der Waals surface area contributed by atoms with E-state index in [9.17, 15) is 8.42 Å². The number of pyridine rings is 1. The van der Waals surface area contributed by atoms with Crippen molar-refractivity contribution < 1.29 is 12.8 Å². The average molecular weight is 317 g/mol. The highest BCUT2D eigenvalue weighted by atomic mass is 32.2. The van der Waals surface area contributed by atoms with Crippen molar-refractivity contribution >= 4 is 21.0 Å². The Balaban J connectivity index is 1.79. The van der Waals surface area contributed by atoms with Crippen LogP contribution in [0.3, 0.4) is 0 Å². The lowest BCUT2D eigenvalue weighted by Gasteiger charge is -2.11. The van der Waals surface area contributed by atoms with Crippen LogP contribution in [0.1, 0.15) is 6.42 Å². The number of aromatic nitrogens is 3. The Morgan fingerprint density at radius 3 is 2.95 bits per heavy atom. The van der Waals surface area contributed by atoms with Gasteiger partial charge in [-0.15, -0.1) is 0 Å². The Bertz CT molecular complexity index is 913. The Morgan fingerprint density at radius 1 is 1.32 bits per heavy atom. The average Bonchev–Trinajstić information content (AvgIpc) is 3.19. The number of hydrogen-bond donors (Lipinski definition) is 0. The molecule has 0 bridgehead atoms. The molecule has 1 unspecified atom stereocenters. The van der Waals surface area contributed by atoms with Gasteiger partial charge in [0.05, 0.1) is 17.8 Å². The highest BCUT2D eigenvalue weighted by Crippen LogP contribution is 2.28. The molecule has 1 saturated heterocycles. The van der Waals surface area contributed by atoms with Crippen LogP contribution in [-0.2, 0) is 16.4 Å². The van der Waals surface area contributed by atoms with Gasteiger partial charge in [0.2, 0.25) is 0 Å². The number of imidazole rings is 1. The molecule has 114 valence electrons. The summed E-state index contributed by atoms with van der Waals surface area (Å²) in [5.41, 5.74) is 1.55. The van der Waals surface area contributed by atoms with E-state index in [-0.39, 0.29) is 17.4 Å². The van der Waals surface area contributed by atoms with Crippen LogP contribution in [-0.4, -0.2) is 34.5 Å². The molecule has 0 aliphatic carbocycles. The molecular formula is C15H15N3O3S. The van der Waals surface area contributed by atoms with Crippen LogP contribution in [0.5, 0.6) is 0 Å². The highest BCUT2D eigenvalue weighted by Gasteiger charge is 2.29. The summed E-state index contributed by atoms with van der Waals surface area (Å²) < 4.78 is 30.8. The predicted octanol–water partition coefficient (Wildman–Crippen LogP) is 2.13. The molecule has 1 aliphatic rings. The maximum atomic E-state index is 11.7. The molecule has 3 aromatic heterocycles. The van der Waals surface area contributed by atoms with E-state index in [4.69, 9.17) is 4.42 Å². The minimum Gasteiger partial charge on any atom is -0.461 e. The lowest BCUT2D eigenvalue weighted by molar-refractivity contribution is 0.492. The van der Waals surface area contributed by atoms with Crippen LogP contribution in [0.15, 0.2) is 41.1 Å². The van der Waals surface area contributed by atoms with Gasteiger partial charge in [0.25, 0.3) is 0 Å². The molecule has 1 aliphatic heterocycles. The summed E-state index contributed by atoms with van der Waals surface area (Å²) in [7, 11) is -2.90. The maximum absolute atomic E-state index is 11.7. The molecule has 0 radical (unpaired) electrons. The van der Waals surface area contributed by atoms with Crippen molar-refractivity contribution in [1.82, 2.24) is 14.5 Å². The number of fused-ring (bicyclic) bond motifs is 1. The zero-order valence-corrected chi connectivity index (χ0v) is 12.7. The van der Waals surface area contributed by atoms with Crippen molar-refractivity contribution in [1.29, 1.82) is 0 Å². The van der Waals surface area contributed by atoms with Gasteiger partial charge < -0.3 is 8.98 Å².